The first kappa shape index (κ1) is 24.2. The number of hydrogen-bond donors (Lipinski definition) is 1. The number of rotatable bonds is 5. The van der Waals surface area contributed by atoms with Gasteiger partial charge in [0.2, 0.25) is 0 Å². The molecule has 2 aliphatic heterocycles. The molecule has 6 nitrogen and oxygen atoms in total. The molecule has 0 atom stereocenters. The van der Waals surface area contributed by atoms with Crippen LogP contribution in [0.5, 0.6) is 0 Å². The summed E-state index contributed by atoms with van der Waals surface area (Å²) < 4.78 is 8.24. The van der Waals surface area contributed by atoms with Gasteiger partial charge in [-0.1, -0.05) is 6.92 Å². The van der Waals surface area contributed by atoms with Crippen molar-refractivity contribution in [2.24, 2.45) is 7.05 Å². The lowest BCUT2D eigenvalue weighted by Gasteiger charge is -2.40. The van der Waals surface area contributed by atoms with Crippen LogP contribution in [0.25, 0.3) is 0 Å². The van der Waals surface area contributed by atoms with E-state index in [0.717, 1.165) is 62.6 Å². The SMILES string of the molecule is CCCN(Cc1nccn1C)C(=O)c1cc2c(s1)CCOC21CCNCC1.Cl.Cl. The average molecular weight is 461 g/mol. The number of imidazole rings is 1. The summed E-state index contributed by atoms with van der Waals surface area (Å²) >= 11 is 1.66. The molecule has 0 aromatic carbocycles. The minimum atomic E-state index is -0.191. The first-order valence-corrected chi connectivity index (χ1v) is 10.7. The van der Waals surface area contributed by atoms with Crippen LogP contribution in [0.4, 0.5) is 0 Å². The van der Waals surface area contributed by atoms with Crippen LogP contribution in [0.15, 0.2) is 18.5 Å². The Labute approximate surface area is 188 Å². The second-order valence-corrected chi connectivity index (χ2v) is 8.61. The van der Waals surface area contributed by atoms with Gasteiger partial charge in [-0.05, 0) is 44.0 Å². The van der Waals surface area contributed by atoms with E-state index in [9.17, 15) is 4.79 Å². The molecule has 2 aromatic heterocycles. The number of nitrogens with zero attached hydrogens (tertiary/aromatic N) is 3. The summed E-state index contributed by atoms with van der Waals surface area (Å²) in [4.78, 5) is 21.8. The highest BCUT2D eigenvalue weighted by molar-refractivity contribution is 7.14. The van der Waals surface area contributed by atoms with E-state index in [0.29, 0.717) is 6.54 Å². The molecule has 1 saturated heterocycles. The third-order valence-corrected chi connectivity index (χ3v) is 6.85. The van der Waals surface area contributed by atoms with Gasteiger partial charge in [0.1, 0.15) is 5.82 Å². The number of carbonyl (C=O) groups is 1. The van der Waals surface area contributed by atoms with E-state index in [1.165, 1.54) is 10.4 Å². The number of carbonyl (C=O) groups excluding carboxylic acids is 1. The van der Waals surface area contributed by atoms with Crippen LogP contribution in [0.1, 0.15) is 52.1 Å². The maximum atomic E-state index is 13.3. The number of hydrogen-bond acceptors (Lipinski definition) is 5. The molecule has 2 aromatic rings. The van der Waals surface area contributed by atoms with Crippen molar-refractivity contribution in [3.8, 4) is 0 Å². The normalized spacial score (nSPS) is 17.2. The Hall–Kier alpha value is -1.12. The smallest absolute Gasteiger partial charge is 0.264 e. The van der Waals surface area contributed by atoms with Crippen molar-refractivity contribution in [3.63, 3.8) is 0 Å². The number of aromatic nitrogens is 2. The van der Waals surface area contributed by atoms with E-state index >= 15 is 0 Å². The molecular formula is C20H30Cl2N4O2S. The molecule has 1 N–H and O–H groups in total. The van der Waals surface area contributed by atoms with E-state index in [1.807, 2.05) is 22.7 Å². The molecule has 1 amide bonds. The Balaban J connectivity index is 0.00000150. The highest BCUT2D eigenvalue weighted by atomic mass is 35.5. The summed E-state index contributed by atoms with van der Waals surface area (Å²) in [7, 11) is 1.97. The molecule has 4 heterocycles. The summed E-state index contributed by atoms with van der Waals surface area (Å²) in [6.07, 6.45) is 7.51. The Kier molecular flexibility index (Phi) is 8.55. The molecule has 1 spiro atoms. The van der Waals surface area contributed by atoms with Crippen LogP contribution in [0.2, 0.25) is 0 Å². The van der Waals surface area contributed by atoms with Crippen LogP contribution >= 0.6 is 36.2 Å². The van der Waals surface area contributed by atoms with Gasteiger partial charge < -0.3 is 19.5 Å². The molecule has 0 aliphatic carbocycles. The molecule has 4 rings (SSSR count). The number of fused-ring (bicyclic) bond motifs is 2. The standard InChI is InChI=1S/C20H28N4O2S.2ClH/c1-3-10-24(14-18-22-9-11-23(18)2)19(25)17-13-15-16(27-17)4-12-26-20(15)5-7-21-8-6-20;;/h9,11,13,21H,3-8,10,12,14H2,1-2H3;2*1H. The molecular weight excluding hydrogens is 431 g/mol. The molecule has 0 bridgehead atoms. The fourth-order valence-electron chi connectivity index (χ4n) is 4.16. The molecule has 29 heavy (non-hydrogen) atoms. The molecule has 9 heteroatoms. The fourth-order valence-corrected chi connectivity index (χ4v) is 5.36. The van der Waals surface area contributed by atoms with Crippen molar-refractivity contribution in [1.82, 2.24) is 19.8 Å². The second-order valence-electron chi connectivity index (χ2n) is 7.47. The molecule has 1 fully saturated rings. The first-order chi connectivity index (χ1) is 13.1. The summed E-state index contributed by atoms with van der Waals surface area (Å²) in [5.41, 5.74) is 1.07. The van der Waals surface area contributed by atoms with Crippen molar-refractivity contribution >= 4 is 42.1 Å². The average Bonchev–Trinajstić information content (AvgIpc) is 3.29. The minimum absolute atomic E-state index is 0. The van der Waals surface area contributed by atoms with Gasteiger partial charge in [0.25, 0.3) is 5.91 Å². The van der Waals surface area contributed by atoms with Crippen molar-refractivity contribution in [3.05, 3.63) is 39.6 Å². The maximum absolute atomic E-state index is 13.3. The predicted octanol–water partition coefficient (Wildman–Crippen LogP) is 3.53. The lowest BCUT2D eigenvalue weighted by atomic mass is 9.83. The monoisotopic (exact) mass is 460 g/mol. The van der Waals surface area contributed by atoms with E-state index in [-0.39, 0.29) is 36.3 Å². The highest BCUT2D eigenvalue weighted by Crippen LogP contribution is 2.43. The van der Waals surface area contributed by atoms with Crippen molar-refractivity contribution in [2.75, 3.05) is 26.2 Å². The largest absolute Gasteiger partial charge is 0.370 e. The molecule has 0 saturated carbocycles. The fraction of sp³-hybridized carbons (Fsp3) is 0.600. The Morgan fingerprint density at radius 2 is 2.14 bits per heavy atom. The van der Waals surface area contributed by atoms with Gasteiger partial charge in [-0.25, -0.2) is 4.98 Å². The number of piperidine rings is 1. The quantitative estimate of drug-likeness (QED) is 0.740. The molecule has 0 radical (unpaired) electrons. The summed E-state index contributed by atoms with van der Waals surface area (Å²) in [5.74, 6) is 1.03. The van der Waals surface area contributed by atoms with Crippen molar-refractivity contribution in [1.29, 1.82) is 0 Å². The minimum Gasteiger partial charge on any atom is -0.370 e. The Bertz CT molecular complexity index is 817. The summed E-state index contributed by atoms with van der Waals surface area (Å²) in [6, 6.07) is 2.12. The van der Waals surface area contributed by atoms with Gasteiger partial charge in [0, 0.05) is 37.3 Å². The van der Waals surface area contributed by atoms with Crippen LogP contribution < -0.4 is 5.32 Å². The van der Waals surface area contributed by atoms with Gasteiger partial charge in [-0.2, -0.15) is 0 Å². The number of nitrogens with one attached hydrogen (secondary N) is 1. The van der Waals surface area contributed by atoms with Gasteiger partial charge in [-0.3, -0.25) is 4.79 Å². The topological polar surface area (TPSA) is 59.4 Å². The highest BCUT2D eigenvalue weighted by Gasteiger charge is 2.41. The first-order valence-electron chi connectivity index (χ1n) is 9.86. The number of halogens is 2. The third-order valence-electron chi connectivity index (χ3n) is 5.66. The zero-order valence-corrected chi connectivity index (χ0v) is 19.4. The lowest BCUT2D eigenvalue weighted by molar-refractivity contribution is -0.0792. The van der Waals surface area contributed by atoms with E-state index < -0.39 is 0 Å². The van der Waals surface area contributed by atoms with Crippen LogP contribution in [-0.4, -0.2) is 46.6 Å². The molecule has 2 aliphatic rings. The van der Waals surface area contributed by atoms with Gasteiger partial charge in [0.05, 0.1) is 23.6 Å². The van der Waals surface area contributed by atoms with Crippen molar-refractivity contribution < 1.29 is 9.53 Å². The molecule has 0 unspecified atom stereocenters. The zero-order valence-electron chi connectivity index (χ0n) is 17.0. The number of ether oxygens (including phenoxy) is 1. The molecule has 162 valence electrons. The Morgan fingerprint density at radius 3 is 2.79 bits per heavy atom. The van der Waals surface area contributed by atoms with E-state index in [4.69, 9.17) is 4.74 Å². The van der Waals surface area contributed by atoms with Gasteiger partial charge >= 0.3 is 0 Å². The van der Waals surface area contributed by atoms with Crippen LogP contribution in [-0.2, 0) is 30.4 Å². The second kappa shape index (κ2) is 10.3. The van der Waals surface area contributed by atoms with Crippen LogP contribution in [0.3, 0.4) is 0 Å². The van der Waals surface area contributed by atoms with Gasteiger partial charge in [0.15, 0.2) is 0 Å². The van der Waals surface area contributed by atoms with E-state index in [1.54, 1.807) is 17.5 Å². The van der Waals surface area contributed by atoms with Crippen molar-refractivity contribution in [2.45, 2.75) is 44.8 Å². The summed E-state index contributed by atoms with van der Waals surface area (Å²) in [5, 5.41) is 3.42. The van der Waals surface area contributed by atoms with E-state index in [2.05, 4.69) is 23.3 Å². The number of aryl methyl sites for hydroxylation is 1. The summed E-state index contributed by atoms with van der Waals surface area (Å²) in [6.45, 7) is 6.09. The third kappa shape index (κ3) is 4.80. The number of thiophene rings is 1. The Morgan fingerprint density at radius 1 is 1.38 bits per heavy atom. The number of amides is 1. The van der Waals surface area contributed by atoms with Gasteiger partial charge in [-0.15, -0.1) is 36.2 Å². The maximum Gasteiger partial charge on any atom is 0.264 e. The van der Waals surface area contributed by atoms with Crippen LogP contribution in [0, 0.1) is 0 Å². The predicted molar refractivity (Wildman–Crippen MR) is 120 cm³/mol. The lowest BCUT2D eigenvalue weighted by Crippen LogP contribution is -2.44. The zero-order chi connectivity index (χ0) is 18.9.